The van der Waals surface area contributed by atoms with Crippen molar-refractivity contribution in [1.82, 2.24) is 4.98 Å². The topological polar surface area (TPSA) is 12.9 Å². The van der Waals surface area contributed by atoms with E-state index < -0.39 is 0 Å². The van der Waals surface area contributed by atoms with E-state index in [0.717, 1.165) is 6.42 Å². The molecule has 0 N–H and O–H groups in total. The summed E-state index contributed by atoms with van der Waals surface area (Å²) in [6.45, 7) is 3.66. The van der Waals surface area contributed by atoms with Gasteiger partial charge in [-0.1, -0.05) is 42.5 Å². The fourth-order valence-corrected chi connectivity index (χ4v) is 1.09. The van der Waals surface area contributed by atoms with Gasteiger partial charge in [0.05, 0.1) is 0 Å². The van der Waals surface area contributed by atoms with Crippen LogP contribution in [0.5, 0.6) is 0 Å². The van der Waals surface area contributed by atoms with E-state index in [1.165, 1.54) is 5.56 Å². The number of pyridine rings is 1. The SMILES string of the molecule is C=CCc1ccccc1.c1ccncc1. The van der Waals surface area contributed by atoms with Crippen LogP contribution in [0.15, 0.2) is 73.6 Å². The maximum absolute atomic E-state index is 3.78. The molecule has 0 aliphatic heterocycles. The highest BCUT2D eigenvalue weighted by Crippen LogP contribution is 1.98. The number of hydrogen-bond donors (Lipinski definition) is 0. The third-order valence-electron chi connectivity index (χ3n) is 1.79. The second-order valence-corrected chi connectivity index (χ2v) is 3.00. The molecule has 0 aliphatic carbocycles. The summed E-state index contributed by atoms with van der Waals surface area (Å²) in [5.41, 5.74) is 1.33. The summed E-state index contributed by atoms with van der Waals surface area (Å²) < 4.78 is 0. The standard InChI is InChI=1S/C9H10.C5H5N/c1-2-6-9-7-4-3-5-8-9;1-2-4-6-5-3-1/h2-5,7-8H,1,6H2;1-5H. The molecule has 15 heavy (non-hydrogen) atoms. The number of hydrogen-bond acceptors (Lipinski definition) is 1. The Bertz CT molecular complexity index is 327. The first kappa shape index (κ1) is 11.2. The predicted molar refractivity (Wildman–Crippen MR) is 64.6 cm³/mol. The van der Waals surface area contributed by atoms with Crippen molar-refractivity contribution in [2.45, 2.75) is 6.42 Å². The smallest absolute Gasteiger partial charge is 0.0267 e. The van der Waals surface area contributed by atoms with Gasteiger partial charge in [0.25, 0.3) is 0 Å². The molecule has 0 saturated heterocycles. The Morgan fingerprint density at radius 3 is 1.93 bits per heavy atom. The first-order valence-corrected chi connectivity index (χ1v) is 4.93. The highest BCUT2D eigenvalue weighted by Gasteiger charge is 1.82. The molecule has 0 atom stereocenters. The molecule has 0 saturated carbocycles. The lowest BCUT2D eigenvalue weighted by atomic mass is 10.2. The van der Waals surface area contributed by atoms with Crippen LogP contribution in [-0.2, 0) is 6.42 Å². The zero-order chi connectivity index (χ0) is 10.8. The molecule has 1 nitrogen and oxygen atoms in total. The number of allylic oxidation sites excluding steroid dienone is 1. The van der Waals surface area contributed by atoms with Gasteiger partial charge in [0.15, 0.2) is 0 Å². The quantitative estimate of drug-likeness (QED) is 0.671. The summed E-state index contributed by atoms with van der Waals surface area (Å²) in [5.74, 6) is 0. The van der Waals surface area contributed by atoms with E-state index in [1.54, 1.807) is 12.4 Å². The molecule has 0 fully saturated rings. The van der Waals surface area contributed by atoms with E-state index in [9.17, 15) is 0 Å². The van der Waals surface area contributed by atoms with Gasteiger partial charge in [0.2, 0.25) is 0 Å². The zero-order valence-corrected chi connectivity index (χ0v) is 8.71. The average Bonchev–Trinajstić information content (AvgIpc) is 2.34. The Morgan fingerprint density at radius 1 is 0.933 bits per heavy atom. The molecular formula is C14H15N. The largest absolute Gasteiger partial charge is 0.265 e. The van der Waals surface area contributed by atoms with Crippen molar-refractivity contribution in [1.29, 1.82) is 0 Å². The average molecular weight is 197 g/mol. The van der Waals surface area contributed by atoms with Crippen molar-refractivity contribution in [3.63, 3.8) is 0 Å². The lowest BCUT2D eigenvalue weighted by Gasteiger charge is -1.91. The molecule has 0 bridgehead atoms. The Labute approximate surface area is 91.1 Å². The Balaban J connectivity index is 0.000000162. The van der Waals surface area contributed by atoms with Crippen LogP contribution in [0.1, 0.15) is 5.56 Å². The Hall–Kier alpha value is -1.89. The van der Waals surface area contributed by atoms with Crippen molar-refractivity contribution in [3.05, 3.63) is 79.1 Å². The zero-order valence-electron chi connectivity index (χ0n) is 8.71. The van der Waals surface area contributed by atoms with Crippen LogP contribution >= 0.6 is 0 Å². The van der Waals surface area contributed by atoms with Crippen LogP contribution in [0.2, 0.25) is 0 Å². The van der Waals surface area contributed by atoms with Crippen LogP contribution in [0.4, 0.5) is 0 Å². The Morgan fingerprint density at radius 2 is 1.53 bits per heavy atom. The summed E-state index contributed by atoms with van der Waals surface area (Å²) >= 11 is 0. The van der Waals surface area contributed by atoms with Gasteiger partial charge in [-0.05, 0) is 24.1 Å². The molecule has 0 radical (unpaired) electrons. The first-order valence-electron chi connectivity index (χ1n) is 4.93. The molecular weight excluding hydrogens is 182 g/mol. The van der Waals surface area contributed by atoms with Gasteiger partial charge in [-0.25, -0.2) is 0 Å². The summed E-state index contributed by atoms with van der Waals surface area (Å²) in [7, 11) is 0. The van der Waals surface area contributed by atoms with Crippen LogP contribution in [0, 0.1) is 0 Å². The van der Waals surface area contributed by atoms with Gasteiger partial charge in [-0.3, -0.25) is 4.98 Å². The molecule has 1 heterocycles. The van der Waals surface area contributed by atoms with E-state index in [2.05, 4.69) is 23.7 Å². The number of aromatic nitrogens is 1. The van der Waals surface area contributed by atoms with Gasteiger partial charge in [0, 0.05) is 12.4 Å². The van der Waals surface area contributed by atoms with E-state index in [-0.39, 0.29) is 0 Å². The third-order valence-corrected chi connectivity index (χ3v) is 1.79. The fraction of sp³-hybridized carbons (Fsp3) is 0.0714. The third kappa shape index (κ3) is 5.42. The summed E-state index contributed by atoms with van der Waals surface area (Å²) in [6.07, 6.45) is 6.39. The lowest BCUT2D eigenvalue weighted by Crippen LogP contribution is -1.75. The Kier molecular flexibility index (Phi) is 5.60. The maximum atomic E-state index is 3.78. The highest BCUT2D eigenvalue weighted by atomic mass is 14.6. The van der Waals surface area contributed by atoms with Gasteiger partial charge in [0.1, 0.15) is 0 Å². The second-order valence-electron chi connectivity index (χ2n) is 3.00. The van der Waals surface area contributed by atoms with Gasteiger partial charge in [-0.15, -0.1) is 6.58 Å². The number of benzene rings is 1. The predicted octanol–water partition coefficient (Wildman–Crippen LogP) is 3.50. The van der Waals surface area contributed by atoms with E-state index in [1.807, 2.05) is 42.5 Å². The van der Waals surface area contributed by atoms with Gasteiger partial charge >= 0.3 is 0 Å². The summed E-state index contributed by atoms with van der Waals surface area (Å²) in [5, 5.41) is 0. The van der Waals surface area contributed by atoms with Crippen LogP contribution in [0.25, 0.3) is 0 Å². The first-order chi connectivity index (χ1) is 7.43. The summed E-state index contributed by atoms with van der Waals surface area (Å²) in [6, 6.07) is 16.0. The molecule has 2 rings (SSSR count). The minimum atomic E-state index is 0.973. The molecule has 1 heteroatoms. The highest BCUT2D eigenvalue weighted by molar-refractivity contribution is 5.16. The van der Waals surface area contributed by atoms with Crippen molar-refractivity contribution >= 4 is 0 Å². The van der Waals surface area contributed by atoms with Crippen LogP contribution in [-0.4, -0.2) is 4.98 Å². The molecule has 76 valence electrons. The molecule has 0 aliphatic rings. The molecule has 1 aromatic heterocycles. The second kappa shape index (κ2) is 7.51. The molecule has 0 unspecified atom stereocenters. The summed E-state index contributed by atoms with van der Waals surface area (Å²) in [4.78, 5) is 3.78. The normalized spacial score (nSPS) is 8.53. The van der Waals surface area contributed by atoms with Crippen molar-refractivity contribution in [3.8, 4) is 0 Å². The van der Waals surface area contributed by atoms with Gasteiger partial charge in [-0.2, -0.15) is 0 Å². The molecule has 0 spiro atoms. The molecule has 1 aromatic carbocycles. The van der Waals surface area contributed by atoms with Crippen molar-refractivity contribution in [2.24, 2.45) is 0 Å². The number of rotatable bonds is 2. The lowest BCUT2D eigenvalue weighted by molar-refractivity contribution is 1.28. The maximum Gasteiger partial charge on any atom is 0.0267 e. The minimum Gasteiger partial charge on any atom is -0.265 e. The van der Waals surface area contributed by atoms with E-state index in [0.29, 0.717) is 0 Å². The van der Waals surface area contributed by atoms with Crippen molar-refractivity contribution < 1.29 is 0 Å². The fourth-order valence-electron chi connectivity index (χ4n) is 1.09. The van der Waals surface area contributed by atoms with Crippen molar-refractivity contribution in [2.75, 3.05) is 0 Å². The van der Waals surface area contributed by atoms with E-state index >= 15 is 0 Å². The van der Waals surface area contributed by atoms with E-state index in [4.69, 9.17) is 0 Å². The molecule has 0 amide bonds. The van der Waals surface area contributed by atoms with Crippen LogP contribution < -0.4 is 0 Å². The minimum absolute atomic E-state index is 0.973. The van der Waals surface area contributed by atoms with Crippen LogP contribution in [0.3, 0.4) is 0 Å². The monoisotopic (exact) mass is 197 g/mol. The molecule has 2 aromatic rings. The number of nitrogens with zero attached hydrogens (tertiary/aromatic N) is 1. The van der Waals surface area contributed by atoms with Gasteiger partial charge < -0.3 is 0 Å².